The largest absolute Gasteiger partial charge is 4.00 e. The van der Waals surface area contributed by atoms with Crippen molar-refractivity contribution in [3.8, 4) is 23.0 Å². The standard InChI is InChI=1S/2C16H17NO2.2C3H7O.Ti/c2*1-12(13-6-4-3-5-7-13)17-11-14-10-15(19-2)8-9-16(14)18;2*1-3(2)4;/h2*3-12,18H,1-2H3;2*3H,1-2H3;/q;;2*-1;+4/p-2/t2*12-;;;/m11.../s1. The van der Waals surface area contributed by atoms with Gasteiger partial charge < -0.3 is 29.9 Å². The first-order valence-corrected chi connectivity index (χ1v) is 15.1. The Hall–Kier alpha value is -3.95. The van der Waals surface area contributed by atoms with Gasteiger partial charge in [-0.05, 0) is 60.4 Å². The minimum absolute atomic E-state index is 0. The van der Waals surface area contributed by atoms with Gasteiger partial charge in [0, 0.05) is 12.4 Å². The predicted molar refractivity (Wildman–Crippen MR) is 180 cm³/mol. The van der Waals surface area contributed by atoms with E-state index in [2.05, 4.69) is 9.98 Å². The van der Waals surface area contributed by atoms with Crippen LogP contribution in [0.15, 0.2) is 107 Å². The second-order valence-corrected chi connectivity index (χ2v) is 10.6. The number of nitrogens with zero attached hydrogens (tertiary/aromatic N) is 2. The molecule has 8 nitrogen and oxygen atoms in total. The van der Waals surface area contributed by atoms with Crippen molar-refractivity contribution in [3.05, 3.63) is 119 Å². The molecule has 248 valence electrons. The van der Waals surface area contributed by atoms with Crippen LogP contribution in [0.5, 0.6) is 23.0 Å². The summed E-state index contributed by atoms with van der Waals surface area (Å²) in [5, 5.41) is 42.4. The molecule has 47 heavy (non-hydrogen) atoms. The number of ether oxygens (including phenoxy) is 2. The maximum atomic E-state index is 11.7. The Balaban J connectivity index is 0.000000721. The molecule has 0 saturated carbocycles. The van der Waals surface area contributed by atoms with Gasteiger partial charge in [0.2, 0.25) is 0 Å². The average molecular weight is 675 g/mol. The van der Waals surface area contributed by atoms with E-state index in [1.54, 1.807) is 78.6 Å². The van der Waals surface area contributed by atoms with Gasteiger partial charge in [-0.3, -0.25) is 9.98 Å². The van der Waals surface area contributed by atoms with Gasteiger partial charge in [0.1, 0.15) is 11.5 Å². The summed E-state index contributed by atoms with van der Waals surface area (Å²) in [6.45, 7) is 10.4. The predicted octanol–water partition coefficient (Wildman–Crippen LogP) is 5.41. The maximum absolute atomic E-state index is 11.7. The molecule has 0 spiro atoms. The van der Waals surface area contributed by atoms with Crippen LogP contribution in [0.1, 0.15) is 75.9 Å². The summed E-state index contributed by atoms with van der Waals surface area (Å²) in [5.41, 5.74) is 3.33. The van der Waals surface area contributed by atoms with E-state index in [0.29, 0.717) is 22.6 Å². The van der Waals surface area contributed by atoms with Gasteiger partial charge in [-0.2, -0.15) is 0 Å². The van der Waals surface area contributed by atoms with Crippen LogP contribution < -0.4 is 29.9 Å². The SMILES string of the molecule is CC(C)[O-].CC(C)[O-].COc1ccc([O-])c(C=N[C@H](C)c2ccccc2)c1.COc1ccc([O-])c(C=N[C@H](C)c2ccccc2)c1.[Ti+4]. The second kappa shape index (κ2) is 24.3. The van der Waals surface area contributed by atoms with Gasteiger partial charge in [0.25, 0.3) is 0 Å². The molecule has 0 radical (unpaired) electrons. The minimum atomic E-state index is -0.417. The quantitative estimate of drug-likeness (QED) is 0.181. The van der Waals surface area contributed by atoms with Gasteiger partial charge in [-0.25, -0.2) is 0 Å². The number of benzene rings is 4. The van der Waals surface area contributed by atoms with Gasteiger partial charge in [-0.1, -0.05) is 112 Å². The first-order chi connectivity index (χ1) is 21.9. The molecule has 0 bridgehead atoms. The third-order valence-electron chi connectivity index (χ3n) is 5.87. The van der Waals surface area contributed by atoms with E-state index in [1.165, 1.54) is 12.1 Å². The Labute approximate surface area is 295 Å². The number of hydrogen-bond donors (Lipinski definition) is 0. The van der Waals surface area contributed by atoms with Crippen molar-refractivity contribution < 1.29 is 51.6 Å². The van der Waals surface area contributed by atoms with Crippen LogP contribution in [0, 0.1) is 0 Å². The van der Waals surface area contributed by atoms with Crippen LogP contribution in [0.3, 0.4) is 0 Å². The Morgan fingerprint density at radius 1 is 0.532 bits per heavy atom. The van der Waals surface area contributed by atoms with Crippen LogP contribution in [-0.4, -0.2) is 38.9 Å². The third-order valence-corrected chi connectivity index (χ3v) is 5.87. The van der Waals surface area contributed by atoms with Gasteiger partial charge in [0.15, 0.2) is 0 Å². The molecule has 0 heterocycles. The van der Waals surface area contributed by atoms with Crippen LogP contribution in [0.25, 0.3) is 0 Å². The maximum Gasteiger partial charge on any atom is 4.00 e. The summed E-state index contributed by atoms with van der Waals surface area (Å²) in [7, 11) is 3.15. The van der Waals surface area contributed by atoms with E-state index < -0.39 is 12.2 Å². The smallest absolute Gasteiger partial charge is 0.872 e. The van der Waals surface area contributed by atoms with E-state index in [9.17, 15) is 20.4 Å². The van der Waals surface area contributed by atoms with Crippen molar-refractivity contribution in [3.63, 3.8) is 0 Å². The molecule has 4 rings (SSSR count). The fraction of sp³-hybridized carbons (Fsp3) is 0.316. The monoisotopic (exact) mass is 674 g/mol. The van der Waals surface area contributed by atoms with Crippen molar-refractivity contribution in [1.82, 2.24) is 0 Å². The van der Waals surface area contributed by atoms with Crippen molar-refractivity contribution in [1.29, 1.82) is 0 Å². The first kappa shape index (κ1) is 43.1. The third kappa shape index (κ3) is 18.7. The van der Waals surface area contributed by atoms with Crippen LogP contribution in [0.2, 0.25) is 0 Å². The second-order valence-electron chi connectivity index (χ2n) is 10.6. The Bertz CT molecular complexity index is 1330. The number of methoxy groups -OCH3 is 2. The fourth-order valence-corrected chi connectivity index (χ4v) is 3.53. The van der Waals surface area contributed by atoms with Crippen LogP contribution in [0.4, 0.5) is 0 Å². The average Bonchev–Trinajstić information content (AvgIpc) is 3.04. The molecule has 4 aromatic rings. The molecule has 0 unspecified atom stereocenters. The zero-order valence-electron chi connectivity index (χ0n) is 28.5. The first-order valence-electron chi connectivity index (χ1n) is 15.1. The molecule has 0 saturated heterocycles. The van der Waals surface area contributed by atoms with E-state index >= 15 is 0 Å². The van der Waals surface area contributed by atoms with E-state index in [-0.39, 0.29) is 45.3 Å². The molecule has 0 amide bonds. The Morgan fingerprint density at radius 2 is 0.830 bits per heavy atom. The molecule has 4 aromatic carbocycles. The number of hydrogen-bond acceptors (Lipinski definition) is 8. The van der Waals surface area contributed by atoms with Crippen LogP contribution >= 0.6 is 0 Å². The summed E-state index contributed by atoms with van der Waals surface area (Å²) in [6, 6.07) is 29.7. The zero-order valence-corrected chi connectivity index (χ0v) is 30.1. The van der Waals surface area contributed by atoms with Crippen LogP contribution in [-0.2, 0) is 21.7 Å². The van der Waals surface area contributed by atoms with Crippen molar-refractivity contribution in [2.24, 2.45) is 9.98 Å². The van der Waals surface area contributed by atoms with E-state index in [0.717, 1.165) is 11.1 Å². The summed E-state index contributed by atoms with van der Waals surface area (Å²) >= 11 is 0. The molecule has 0 aliphatic carbocycles. The van der Waals surface area contributed by atoms with Gasteiger partial charge in [0.05, 0.1) is 26.3 Å². The van der Waals surface area contributed by atoms with E-state index in [4.69, 9.17) is 9.47 Å². The topological polar surface area (TPSA) is 135 Å². The summed E-state index contributed by atoms with van der Waals surface area (Å²) in [5.74, 6) is 1.22. The number of rotatable bonds is 8. The molecule has 0 aromatic heterocycles. The molecule has 2 atom stereocenters. The molecule has 0 aliphatic rings. The zero-order chi connectivity index (χ0) is 34.5. The molecular weight excluding hydrogens is 628 g/mol. The van der Waals surface area contributed by atoms with Gasteiger partial charge >= 0.3 is 21.7 Å². The molecule has 0 N–H and O–H groups in total. The molecule has 0 fully saturated rings. The van der Waals surface area contributed by atoms with E-state index in [1.807, 2.05) is 74.5 Å². The Kier molecular flexibility index (Phi) is 22.2. The Morgan fingerprint density at radius 3 is 1.11 bits per heavy atom. The summed E-state index contributed by atoms with van der Waals surface area (Å²) in [6.07, 6.45) is 2.39. The molecule has 0 aliphatic heterocycles. The number of aliphatic imine (C=N–C) groups is 2. The van der Waals surface area contributed by atoms with Crippen molar-refractivity contribution in [2.45, 2.75) is 65.8 Å². The van der Waals surface area contributed by atoms with Crippen molar-refractivity contribution >= 4 is 12.4 Å². The molecular formula is C38H46N2O6Ti. The summed E-state index contributed by atoms with van der Waals surface area (Å²) in [4.78, 5) is 8.84. The minimum Gasteiger partial charge on any atom is -0.872 e. The fourth-order valence-electron chi connectivity index (χ4n) is 3.53. The summed E-state index contributed by atoms with van der Waals surface area (Å²) < 4.78 is 10.2. The molecule has 9 heteroatoms. The van der Waals surface area contributed by atoms with Crippen molar-refractivity contribution in [2.75, 3.05) is 14.2 Å². The van der Waals surface area contributed by atoms with Gasteiger partial charge in [-0.15, -0.1) is 12.2 Å². The normalized spacial score (nSPS) is 11.7.